The molecule has 16 nitrogen and oxygen atoms in total. The topological polar surface area (TPSA) is 166 Å². The summed E-state index contributed by atoms with van der Waals surface area (Å²) in [4.78, 5) is 60.0. The van der Waals surface area contributed by atoms with E-state index in [1.807, 2.05) is 12.1 Å². The highest BCUT2D eigenvalue weighted by atomic mass is 35.5. The first-order valence-electron chi connectivity index (χ1n) is 50.3. The molecule has 8 heterocycles. The summed E-state index contributed by atoms with van der Waals surface area (Å²) < 4.78 is 34.8. The van der Waals surface area contributed by atoms with E-state index < -0.39 is 12.2 Å². The van der Waals surface area contributed by atoms with E-state index in [0.29, 0.717) is 61.2 Å². The van der Waals surface area contributed by atoms with Crippen molar-refractivity contribution < 1.29 is 42.5 Å². The molecule has 0 unspecified atom stereocenters. The van der Waals surface area contributed by atoms with Gasteiger partial charge in [-0.25, -0.2) is 23.6 Å². The molecule has 0 fully saturated rings. The number of unbranched alkanes of at least 4 members (excludes halogenated alkanes) is 3. The molecule has 138 heavy (non-hydrogen) atoms. The highest BCUT2D eigenvalue weighted by Crippen LogP contribution is 2.56. The molecule has 4 N–H and O–H groups in total. The molecule has 0 spiro atoms. The molecule has 20 rings (SSSR count). The minimum absolute atomic E-state index is 0.133. The molecule has 0 saturated carbocycles. The van der Waals surface area contributed by atoms with Gasteiger partial charge in [0.1, 0.15) is 5.82 Å². The van der Waals surface area contributed by atoms with E-state index in [0.717, 1.165) is 171 Å². The van der Waals surface area contributed by atoms with Crippen LogP contribution in [0.4, 0.5) is 69.1 Å². The maximum Gasteiger partial charge on any atom is 0.411 e. The quantitative estimate of drug-likeness (QED) is 0.0289. The molecule has 8 aliphatic rings. The van der Waals surface area contributed by atoms with E-state index in [-0.39, 0.29) is 29.8 Å². The fraction of sp³-hybridized carbons (Fsp3) is 0.367. The molecule has 0 aliphatic carbocycles. The lowest BCUT2D eigenvalue weighted by Crippen LogP contribution is -2.37. The van der Waals surface area contributed by atoms with Crippen molar-refractivity contribution in [1.29, 1.82) is 0 Å². The van der Waals surface area contributed by atoms with Crippen molar-refractivity contribution >= 4 is 81.5 Å². The van der Waals surface area contributed by atoms with E-state index in [4.69, 9.17) is 30.5 Å². The first-order chi connectivity index (χ1) is 67.1. The fourth-order valence-electron chi connectivity index (χ4n) is 22.7. The summed E-state index contributed by atoms with van der Waals surface area (Å²) in [6.45, 7) is 28.8. The smallest absolute Gasteiger partial charge is 0.411 e. The van der Waals surface area contributed by atoms with Crippen molar-refractivity contribution in [3.63, 3.8) is 0 Å². The molecule has 0 bridgehead atoms. The maximum absolute atomic E-state index is 13.7. The Labute approximate surface area is 820 Å². The first kappa shape index (κ1) is 96.8. The van der Waals surface area contributed by atoms with Crippen molar-refractivity contribution in [2.24, 2.45) is 0 Å². The molecule has 716 valence electrons. The van der Waals surface area contributed by atoms with Crippen LogP contribution >= 0.6 is 11.6 Å². The van der Waals surface area contributed by atoms with Crippen LogP contribution in [-0.2, 0) is 18.9 Å². The molecular weight excluding hydrogens is 1740 g/mol. The zero-order valence-corrected chi connectivity index (χ0v) is 82.7. The number of carbonyl (C=O) groups is 4. The summed E-state index contributed by atoms with van der Waals surface area (Å²) in [5.41, 5.74) is 38.3. The van der Waals surface area contributed by atoms with Gasteiger partial charge in [-0.3, -0.25) is 21.3 Å². The Balaban J connectivity index is 0.000000127. The van der Waals surface area contributed by atoms with Crippen LogP contribution in [-0.4, -0.2) is 110 Å². The Bertz CT molecular complexity index is 5830. The van der Waals surface area contributed by atoms with Crippen LogP contribution < -0.4 is 40.9 Å². The van der Waals surface area contributed by atoms with Gasteiger partial charge in [0, 0.05) is 151 Å². The molecule has 12 aromatic carbocycles. The van der Waals surface area contributed by atoms with Crippen molar-refractivity contribution in [1.82, 2.24) is 0 Å². The number of methoxy groups -OCH3 is 1. The van der Waals surface area contributed by atoms with Crippen molar-refractivity contribution in [3.05, 3.63) is 376 Å². The number of halogens is 2. The largest absolute Gasteiger partial charge is 0.453 e. The van der Waals surface area contributed by atoms with Gasteiger partial charge in [-0.05, 0) is 275 Å². The van der Waals surface area contributed by atoms with E-state index in [9.17, 15) is 23.6 Å². The lowest BCUT2D eigenvalue weighted by molar-refractivity contribution is 0.159. The zero-order valence-electron chi connectivity index (χ0n) is 81.9. The third-order valence-electron chi connectivity index (χ3n) is 29.3. The number of aryl methyl sites for hydroxylation is 7. The molecule has 0 aromatic heterocycles. The van der Waals surface area contributed by atoms with Gasteiger partial charge in [0.05, 0.1) is 26.9 Å². The number of amides is 4. The van der Waals surface area contributed by atoms with Gasteiger partial charge in [0.25, 0.3) is 0 Å². The highest BCUT2D eigenvalue weighted by Gasteiger charge is 2.41. The SMILES string of the molecule is CCCCOC(=O)Nc1cc2c3c(c1)[C@H](c1cccc(C)c1)CCN3CC[C@@H]2c1cccc(C)c1.CCCCOC(=O)Nc1cc2c3c(c1)[C@H](c1cccc(C)c1)CCN3CC[C@H]2c1cccc(C)c1.COC(=O)Nc1cc2c3c(c1)[C@H](c1cccc(C)c1)CCN3CC[C@@H]2c1cccc(C)c1.Cc1ccc([C@@H]2CCN3CC[C@@H](c4ccc(F)cc4)c4cc(NC(=O)OCCCCCl)cc2c43)cc1. The van der Waals surface area contributed by atoms with Crippen LogP contribution in [0.5, 0.6) is 0 Å². The van der Waals surface area contributed by atoms with Gasteiger partial charge < -0.3 is 38.5 Å². The second-order valence-electron chi connectivity index (χ2n) is 39.1. The molecule has 12 aromatic rings. The summed E-state index contributed by atoms with van der Waals surface area (Å²) in [6.07, 6.45) is 12.1. The van der Waals surface area contributed by atoms with Crippen molar-refractivity contribution in [2.45, 2.75) is 200 Å². The third kappa shape index (κ3) is 22.6. The maximum atomic E-state index is 13.7. The van der Waals surface area contributed by atoms with E-state index in [1.54, 1.807) is 0 Å². The van der Waals surface area contributed by atoms with Crippen LogP contribution in [0.15, 0.2) is 243 Å². The number of anilines is 8. The number of benzene rings is 12. The van der Waals surface area contributed by atoms with Gasteiger partial charge >= 0.3 is 24.4 Å². The van der Waals surface area contributed by atoms with Crippen LogP contribution in [0.2, 0.25) is 0 Å². The minimum Gasteiger partial charge on any atom is -0.453 e. The number of ether oxygens (including phenoxy) is 4. The van der Waals surface area contributed by atoms with Gasteiger partial charge in [0.2, 0.25) is 0 Å². The van der Waals surface area contributed by atoms with Gasteiger partial charge in [-0.2, -0.15) is 0 Å². The second kappa shape index (κ2) is 44.7. The second-order valence-corrected chi connectivity index (χ2v) is 39.5. The summed E-state index contributed by atoms with van der Waals surface area (Å²) in [5.74, 6) is 2.58. The van der Waals surface area contributed by atoms with E-state index in [1.165, 1.54) is 164 Å². The summed E-state index contributed by atoms with van der Waals surface area (Å²) in [5, 5.41) is 12.0. The van der Waals surface area contributed by atoms with Gasteiger partial charge in [-0.1, -0.05) is 248 Å². The summed E-state index contributed by atoms with van der Waals surface area (Å²) in [6, 6.07) is 86.1. The zero-order chi connectivity index (χ0) is 96.0. The number of alkyl halides is 1. The molecule has 0 saturated heterocycles. The average molecular weight is 1870 g/mol. The van der Waals surface area contributed by atoms with Crippen LogP contribution in [0.1, 0.15) is 279 Å². The van der Waals surface area contributed by atoms with Crippen LogP contribution in [0.3, 0.4) is 0 Å². The van der Waals surface area contributed by atoms with Crippen molar-refractivity contribution in [3.8, 4) is 0 Å². The molecule has 8 aliphatic heterocycles. The minimum atomic E-state index is -0.453. The Morgan fingerprint density at radius 3 is 0.739 bits per heavy atom. The monoisotopic (exact) mass is 1870 g/mol. The average Bonchev–Trinajstić information content (AvgIpc) is 0.758. The molecule has 4 amide bonds. The molecule has 0 radical (unpaired) electrons. The molecule has 18 heteroatoms. The van der Waals surface area contributed by atoms with Crippen molar-refractivity contribution in [2.75, 3.05) is 126 Å². The standard InChI is InChI=1S/2C31H36N2O2.C30H32ClFN2O2.C28H30N2O2/c2*1-4-5-16-35-31(34)32-25-19-28-26(23-10-6-8-21(2)17-23)12-14-33-15-13-27(29(20-25)30(28)33)24-11-7-9-22(3)18-24;1-20-4-6-21(7-5-20)25-12-15-34-16-13-26(22-8-10-23(32)11-9-22)28-19-24(18-27(25)29(28)34)33-30(35)36-17-3-2-14-31;1-18-6-4-8-20(14-18)23-10-12-30-13-11-24(21-9-5-7-19(2)15-21)26-17-22(29-28(31)32-3)16-25(23)27(26)30/h2*6-11,17-20,26-27H,4-5,12-16H2,1-3H3,(H,32,34);4-11,18-19,25-26H,2-3,12-17H2,1H3,(H,33,35);4-9,14-17,23-24H,10-13H2,1-3H3,(H,29,31)/t26-,27+;26-,27-;25-,26-;23-,24+/m.00./s1. The number of nitrogens with one attached hydrogen (secondary N) is 4. The number of hydrogen-bond donors (Lipinski definition) is 4. The van der Waals surface area contributed by atoms with Crippen LogP contribution in [0.25, 0.3) is 0 Å². The number of carbonyl (C=O) groups excluding carboxylic acids is 4. The van der Waals surface area contributed by atoms with E-state index in [2.05, 4.69) is 322 Å². The third-order valence-corrected chi connectivity index (χ3v) is 29.5. The predicted octanol–water partition coefficient (Wildman–Crippen LogP) is 29.0. The Hall–Kier alpha value is -12.9. The lowest BCUT2D eigenvalue weighted by Gasteiger charge is -2.43. The summed E-state index contributed by atoms with van der Waals surface area (Å²) >= 11 is 5.73. The number of hydrogen-bond acceptors (Lipinski definition) is 12. The number of nitrogens with zero attached hydrogens (tertiary/aromatic N) is 4. The predicted molar refractivity (Wildman–Crippen MR) is 562 cm³/mol. The highest BCUT2D eigenvalue weighted by molar-refractivity contribution is 6.17. The summed E-state index contributed by atoms with van der Waals surface area (Å²) in [7, 11) is 1.41. The van der Waals surface area contributed by atoms with Gasteiger partial charge in [-0.15, -0.1) is 11.6 Å². The molecular formula is C120H134ClFN8O8. The fourth-order valence-corrected chi connectivity index (χ4v) is 22.8. The molecule has 8 atom stereocenters. The number of rotatable bonds is 22. The normalized spacial score (nSPS) is 18.8. The van der Waals surface area contributed by atoms with Crippen LogP contribution in [0, 0.1) is 54.3 Å². The lowest BCUT2D eigenvalue weighted by atomic mass is 9.76. The Kier molecular flexibility index (Phi) is 31.4. The first-order valence-corrected chi connectivity index (χ1v) is 50.8. The Morgan fingerprint density at radius 1 is 0.290 bits per heavy atom. The van der Waals surface area contributed by atoms with Gasteiger partial charge in [0.15, 0.2) is 0 Å². The van der Waals surface area contributed by atoms with E-state index >= 15 is 0 Å². The Morgan fingerprint density at radius 2 is 0.514 bits per heavy atom.